The molecular weight excluding hydrogens is 256 g/mol. The van der Waals surface area contributed by atoms with Crippen LogP contribution in [0.25, 0.3) is 0 Å². The predicted molar refractivity (Wildman–Crippen MR) is 83.8 cm³/mol. The normalized spacial score (nSPS) is 21.8. The van der Waals surface area contributed by atoms with Crippen molar-refractivity contribution in [3.63, 3.8) is 0 Å². The maximum atomic E-state index is 6.42. The number of rotatable bonds is 2. The molecule has 2 unspecified atom stereocenters. The highest BCUT2D eigenvalue weighted by Gasteiger charge is 2.32. The van der Waals surface area contributed by atoms with Crippen LogP contribution in [0.3, 0.4) is 0 Å². The van der Waals surface area contributed by atoms with Gasteiger partial charge in [0, 0.05) is 19.1 Å². The summed E-state index contributed by atoms with van der Waals surface area (Å²) in [5.74, 6) is 0.733. The Bertz CT molecular complexity index is 449. The average Bonchev–Trinajstić information content (AvgIpc) is 2.77. The van der Waals surface area contributed by atoms with Gasteiger partial charge in [-0.05, 0) is 42.4 Å². The van der Waals surface area contributed by atoms with E-state index < -0.39 is 0 Å². The van der Waals surface area contributed by atoms with E-state index in [1.165, 1.54) is 6.42 Å². The fourth-order valence-electron chi connectivity index (χ4n) is 2.75. The van der Waals surface area contributed by atoms with Gasteiger partial charge in [0.1, 0.15) is 0 Å². The van der Waals surface area contributed by atoms with Gasteiger partial charge in [-0.1, -0.05) is 38.4 Å². The van der Waals surface area contributed by atoms with Gasteiger partial charge in [-0.15, -0.1) is 0 Å². The number of halogens is 1. The van der Waals surface area contributed by atoms with Crippen LogP contribution >= 0.6 is 11.6 Å². The van der Waals surface area contributed by atoms with Crippen molar-refractivity contribution in [1.82, 2.24) is 0 Å². The highest BCUT2D eigenvalue weighted by Crippen LogP contribution is 2.38. The summed E-state index contributed by atoms with van der Waals surface area (Å²) in [6.45, 7) is 11.1. The van der Waals surface area contributed by atoms with Crippen molar-refractivity contribution in [2.24, 2.45) is 17.1 Å². The van der Waals surface area contributed by atoms with E-state index in [9.17, 15) is 0 Å². The topological polar surface area (TPSA) is 29.3 Å². The molecule has 0 aromatic heterocycles. The van der Waals surface area contributed by atoms with Crippen LogP contribution in [0.5, 0.6) is 0 Å². The van der Waals surface area contributed by atoms with Crippen molar-refractivity contribution < 1.29 is 0 Å². The summed E-state index contributed by atoms with van der Waals surface area (Å²) in [5.41, 5.74) is 8.51. The first-order valence-corrected chi connectivity index (χ1v) is 7.47. The van der Waals surface area contributed by atoms with E-state index in [2.05, 4.69) is 37.8 Å². The van der Waals surface area contributed by atoms with E-state index in [1.54, 1.807) is 0 Å². The van der Waals surface area contributed by atoms with E-state index in [-0.39, 0.29) is 6.04 Å². The lowest BCUT2D eigenvalue weighted by Gasteiger charge is -2.28. The third-order valence-corrected chi connectivity index (χ3v) is 4.55. The summed E-state index contributed by atoms with van der Waals surface area (Å²) in [7, 11) is 0. The van der Waals surface area contributed by atoms with Gasteiger partial charge < -0.3 is 10.6 Å². The van der Waals surface area contributed by atoms with Gasteiger partial charge >= 0.3 is 0 Å². The molecule has 2 atom stereocenters. The van der Waals surface area contributed by atoms with Gasteiger partial charge in [0.25, 0.3) is 0 Å². The van der Waals surface area contributed by atoms with Crippen LogP contribution in [0.15, 0.2) is 18.2 Å². The molecule has 19 heavy (non-hydrogen) atoms. The van der Waals surface area contributed by atoms with Crippen LogP contribution in [0.4, 0.5) is 5.69 Å². The van der Waals surface area contributed by atoms with Gasteiger partial charge in [0.15, 0.2) is 0 Å². The number of anilines is 1. The monoisotopic (exact) mass is 280 g/mol. The summed E-state index contributed by atoms with van der Waals surface area (Å²) in [4.78, 5) is 2.41. The average molecular weight is 281 g/mol. The Morgan fingerprint density at radius 3 is 2.53 bits per heavy atom. The van der Waals surface area contributed by atoms with E-state index in [0.29, 0.717) is 5.41 Å². The molecule has 1 aromatic carbocycles. The lowest BCUT2D eigenvalue weighted by molar-refractivity contribution is 0.263. The number of hydrogen-bond donors (Lipinski definition) is 1. The molecule has 0 spiro atoms. The van der Waals surface area contributed by atoms with Crippen LogP contribution in [0, 0.1) is 11.3 Å². The molecule has 2 N–H and O–H groups in total. The minimum absolute atomic E-state index is 0.0347. The Labute approximate surface area is 121 Å². The lowest BCUT2D eigenvalue weighted by atomic mass is 9.80. The smallest absolute Gasteiger partial charge is 0.0642 e. The lowest BCUT2D eigenvalue weighted by Crippen LogP contribution is -2.26. The number of nitrogens with two attached hydrogens (primary N) is 1. The first-order valence-electron chi connectivity index (χ1n) is 7.09. The largest absolute Gasteiger partial charge is 0.370 e. The summed E-state index contributed by atoms with van der Waals surface area (Å²) in [5, 5.41) is 0.823. The molecule has 2 nitrogen and oxygen atoms in total. The Morgan fingerprint density at radius 2 is 2.05 bits per heavy atom. The minimum Gasteiger partial charge on any atom is -0.370 e. The molecule has 1 aliphatic heterocycles. The van der Waals surface area contributed by atoms with Crippen LogP contribution in [-0.4, -0.2) is 13.1 Å². The molecular formula is C16H25ClN2. The molecule has 2 rings (SSSR count). The second kappa shape index (κ2) is 5.34. The number of hydrogen-bond acceptors (Lipinski definition) is 2. The molecule has 0 saturated carbocycles. The fraction of sp³-hybridized carbons (Fsp3) is 0.625. The van der Waals surface area contributed by atoms with Crippen LogP contribution in [0.2, 0.25) is 5.02 Å². The molecule has 1 aromatic rings. The van der Waals surface area contributed by atoms with Crippen molar-refractivity contribution in [3.8, 4) is 0 Å². The Morgan fingerprint density at radius 1 is 1.37 bits per heavy atom. The van der Waals surface area contributed by atoms with Crippen molar-refractivity contribution in [1.29, 1.82) is 0 Å². The second-order valence-electron chi connectivity index (χ2n) is 6.80. The molecule has 1 aliphatic rings. The zero-order valence-electron chi connectivity index (χ0n) is 12.4. The molecule has 1 saturated heterocycles. The summed E-state index contributed by atoms with van der Waals surface area (Å²) in [6, 6.07) is 6.25. The fourth-order valence-corrected chi connectivity index (χ4v) is 3.06. The Balaban J connectivity index is 2.16. The van der Waals surface area contributed by atoms with Gasteiger partial charge in [-0.2, -0.15) is 0 Å². The second-order valence-corrected chi connectivity index (χ2v) is 7.20. The van der Waals surface area contributed by atoms with E-state index in [1.807, 2.05) is 13.0 Å². The van der Waals surface area contributed by atoms with E-state index in [4.69, 9.17) is 17.3 Å². The van der Waals surface area contributed by atoms with Crippen molar-refractivity contribution in [2.75, 3.05) is 18.0 Å². The molecule has 0 bridgehead atoms. The van der Waals surface area contributed by atoms with Crippen molar-refractivity contribution in [2.45, 2.75) is 40.2 Å². The molecule has 0 amide bonds. The molecule has 1 heterocycles. The predicted octanol–water partition coefficient (Wildman–Crippen LogP) is 4.23. The molecule has 1 fully saturated rings. The first kappa shape index (κ1) is 14.7. The van der Waals surface area contributed by atoms with E-state index in [0.717, 1.165) is 35.3 Å². The summed E-state index contributed by atoms with van der Waals surface area (Å²) >= 11 is 6.42. The van der Waals surface area contributed by atoms with Crippen LogP contribution in [0.1, 0.15) is 45.7 Å². The zero-order chi connectivity index (χ0) is 14.2. The maximum Gasteiger partial charge on any atom is 0.0642 e. The highest BCUT2D eigenvalue weighted by atomic mass is 35.5. The zero-order valence-corrected chi connectivity index (χ0v) is 13.2. The summed E-state index contributed by atoms with van der Waals surface area (Å²) < 4.78 is 0. The van der Waals surface area contributed by atoms with E-state index >= 15 is 0 Å². The van der Waals surface area contributed by atoms with Crippen molar-refractivity contribution >= 4 is 17.3 Å². The molecule has 106 valence electrons. The quantitative estimate of drug-likeness (QED) is 0.878. The Hall–Kier alpha value is -0.730. The first-order chi connectivity index (χ1) is 8.79. The highest BCUT2D eigenvalue weighted by molar-refractivity contribution is 6.33. The molecule has 0 aliphatic carbocycles. The van der Waals surface area contributed by atoms with Crippen molar-refractivity contribution in [3.05, 3.63) is 28.8 Å². The standard InChI is InChI=1S/C16H25ClN2/c1-11(18)12-5-6-15(14(17)9-12)19-8-7-13(10-19)16(2,3)4/h5-6,9,11,13H,7-8,10,18H2,1-4H3. The number of benzene rings is 1. The van der Waals surface area contributed by atoms with Gasteiger partial charge in [0.2, 0.25) is 0 Å². The molecule has 0 radical (unpaired) electrons. The van der Waals surface area contributed by atoms with Crippen LogP contribution in [-0.2, 0) is 0 Å². The maximum absolute atomic E-state index is 6.42. The minimum atomic E-state index is 0.0347. The SMILES string of the molecule is CC(N)c1ccc(N2CCC(C(C)(C)C)C2)c(Cl)c1. The Kier molecular flexibility index (Phi) is 4.12. The van der Waals surface area contributed by atoms with Gasteiger partial charge in [0.05, 0.1) is 10.7 Å². The van der Waals surface area contributed by atoms with Gasteiger partial charge in [-0.25, -0.2) is 0 Å². The molecule has 3 heteroatoms. The third-order valence-electron chi connectivity index (χ3n) is 4.25. The summed E-state index contributed by atoms with van der Waals surface area (Å²) in [6.07, 6.45) is 1.24. The van der Waals surface area contributed by atoms with Crippen LogP contribution < -0.4 is 10.6 Å². The number of nitrogens with zero attached hydrogens (tertiary/aromatic N) is 1. The third kappa shape index (κ3) is 3.24. The van der Waals surface area contributed by atoms with Gasteiger partial charge in [-0.3, -0.25) is 0 Å².